The Balaban J connectivity index is 2.93. The SMILES string of the molecule is CC(NC(=O)C1CCCN1C(=O)C(CC(N)=O)NC(=O)C(N)C(C)O)C(=O)O. The number of likely N-dealkylation sites (tertiary alicyclic amines) is 1. The van der Waals surface area contributed by atoms with Crippen LogP contribution < -0.4 is 22.1 Å². The molecule has 1 heterocycles. The number of rotatable bonds is 9. The van der Waals surface area contributed by atoms with Gasteiger partial charge in [-0.2, -0.15) is 0 Å². The summed E-state index contributed by atoms with van der Waals surface area (Å²) in [5, 5.41) is 22.9. The van der Waals surface area contributed by atoms with E-state index in [-0.39, 0.29) is 6.54 Å². The molecule has 8 N–H and O–H groups in total. The van der Waals surface area contributed by atoms with E-state index in [2.05, 4.69) is 10.6 Å². The second-order valence-corrected chi connectivity index (χ2v) is 6.76. The summed E-state index contributed by atoms with van der Waals surface area (Å²) in [7, 11) is 0. The molecule has 4 amide bonds. The van der Waals surface area contributed by atoms with Gasteiger partial charge in [-0.1, -0.05) is 0 Å². The van der Waals surface area contributed by atoms with Gasteiger partial charge in [-0.15, -0.1) is 0 Å². The Labute approximate surface area is 161 Å². The molecule has 0 aromatic heterocycles. The number of aliphatic carboxylic acids is 1. The Morgan fingerprint density at radius 2 is 1.79 bits per heavy atom. The predicted octanol–water partition coefficient (Wildman–Crippen LogP) is -3.36. The van der Waals surface area contributed by atoms with Crippen LogP contribution in [0.5, 0.6) is 0 Å². The number of carboxylic acids is 1. The lowest BCUT2D eigenvalue weighted by Gasteiger charge is -2.29. The Bertz CT molecular complexity index is 639. The minimum Gasteiger partial charge on any atom is -0.480 e. The molecule has 0 saturated carbocycles. The molecular weight excluding hydrogens is 374 g/mol. The van der Waals surface area contributed by atoms with Crippen molar-refractivity contribution in [2.24, 2.45) is 11.5 Å². The molecule has 12 nitrogen and oxygen atoms in total. The highest BCUT2D eigenvalue weighted by Crippen LogP contribution is 2.19. The Kier molecular flexibility index (Phi) is 8.32. The lowest BCUT2D eigenvalue weighted by molar-refractivity contribution is -0.145. The number of carbonyl (C=O) groups excluding carboxylic acids is 4. The number of nitrogens with two attached hydrogens (primary N) is 2. The van der Waals surface area contributed by atoms with Crippen molar-refractivity contribution in [1.29, 1.82) is 0 Å². The minimum absolute atomic E-state index is 0.186. The zero-order valence-electron chi connectivity index (χ0n) is 15.8. The molecule has 0 radical (unpaired) electrons. The fourth-order valence-corrected chi connectivity index (χ4v) is 2.76. The number of aliphatic hydroxyl groups is 1. The topological polar surface area (TPSA) is 205 Å². The highest BCUT2D eigenvalue weighted by molar-refractivity contribution is 5.96. The largest absolute Gasteiger partial charge is 0.480 e. The van der Waals surface area contributed by atoms with Gasteiger partial charge in [0.1, 0.15) is 24.2 Å². The smallest absolute Gasteiger partial charge is 0.325 e. The first kappa shape index (κ1) is 23.3. The van der Waals surface area contributed by atoms with Gasteiger partial charge in [-0.3, -0.25) is 24.0 Å². The molecule has 158 valence electrons. The van der Waals surface area contributed by atoms with Gasteiger partial charge in [0.15, 0.2) is 0 Å². The quantitative estimate of drug-likeness (QED) is 0.229. The van der Waals surface area contributed by atoms with E-state index in [0.717, 1.165) is 0 Å². The summed E-state index contributed by atoms with van der Waals surface area (Å²) in [5.41, 5.74) is 10.7. The second-order valence-electron chi connectivity index (χ2n) is 6.76. The van der Waals surface area contributed by atoms with E-state index in [1.165, 1.54) is 18.7 Å². The molecular formula is C16H27N5O7. The molecule has 0 spiro atoms. The Morgan fingerprint density at radius 1 is 1.18 bits per heavy atom. The van der Waals surface area contributed by atoms with Crippen molar-refractivity contribution in [3.8, 4) is 0 Å². The van der Waals surface area contributed by atoms with Gasteiger partial charge in [0.05, 0.1) is 12.5 Å². The lowest BCUT2D eigenvalue weighted by atomic mass is 10.1. The van der Waals surface area contributed by atoms with E-state index in [9.17, 15) is 29.1 Å². The fraction of sp³-hybridized carbons (Fsp3) is 0.688. The van der Waals surface area contributed by atoms with Crippen molar-refractivity contribution >= 4 is 29.6 Å². The number of aliphatic hydroxyl groups excluding tert-OH is 1. The summed E-state index contributed by atoms with van der Waals surface area (Å²) in [4.78, 5) is 60.7. The van der Waals surface area contributed by atoms with Gasteiger partial charge in [0.2, 0.25) is 23.6 Å². The molecule has 1 aliphatic heterocycles. The molecule has 1 aliphatic rings. The molecule has 0 bridgehead atoms. The zero-order chi connectivity index (χ0) is 21.6. The monoisotopic (exact) mass is 401 g/mol. The van der Waals surface area contributed by atoms with E-state index in [0.29, 0.717) is 12.8 Å². The number of nitrogens with zero attached hydrogens (tertiary/aromatic N) is 1. The molecule has 0 aliphatic carbocycles. The van der Waals surface area contributed by atoms with Crippen LogP contribution in [0.25, 0.3) is 0 Å². The van der Waals surface area contributed by atoms with Gasteiger partial charge in [-0.25, -0.2) is 0 Å². The van der Waals surface area contributed by atoms with Gasteiger partial charge < -0.3 is 37.2 Å². The third-order valence-corrected chi connectivity index (χ3v) is 4.41. The first-order valence-electron chi connectivity index (χ1n) is 8.81. The maximum absolute atomic E-state index is 12.8. The molecule has 1 rings (SSSR count). The first-order valence-corrected chi connectivity index (χ1v) is 8.81. The maximum Gasteiger partial charge on any atom is 0.325 e. The van der Waals surface area contributed by atoms with Gasteiger partial charge >= 0.3 is 5.97 Å². The summed E-state index contributed by atoms with van der Waals surface area (Å²) >= 11 is 0. The average molecular weight is 401 g/mol. The van der Waals surface area contributed by atoms with Gasteiger partial charge in [0.25, 0.3) is 0 Å². The van der Waals surface area contributed by atoms with Crippen molar-refractivity contribution in [3.05, 3.63) is 0 Å². The predicted molar refractivity (Wildman–Crippen MR) is 95.4 cm³/mol. The average Bonchev–Trinajstić information content (AvgIpc) is 3.08. The van der Waals surface area contributed by atoms with Crippen LogP contribution in [-0.4, -0.2) is 81.5 Å². The fourth-order valence-electron chi connectivity index (χ4n) is 2.76. The number of nitrogens with one attached hydrogen (secondary N) is 2. The third kappa shape index (κ3) is 6.16. The van der Waals surface area contributed by atoms with Crippen LogP contribution >= 0.6 is 0 Å². The highest BCUT2D eigenvalue weighted by Gasteiger charge is 2.39. The van der Waals surface area contributed by atoms with Crippen LogP contribution in [0, 0.1) is 0 Å². The van der Waals surface area contributed by atoms with Gasteiger partial charge in [0, 0.05) is 6.54 Å². The van der Waals surface area contributed by atoms with Crippen molar-refractivity contribution < 1.29 is 34.2 Å². The van der Waals surface area contributed by atoms with E-state index in [1.54, 1.807) is 0 Å². The minimum atomic E-state index is -1.36. The molecule has 0 aromatic rings. The summed E-state index contributed by atoms with van der Waals surface area (Å²) in [6.45, 7) is 2.76. The van der Waals surface area contributed by atoms with E-state index >= 15 is 0 Å². The van der Waals surface area contributed by atoms with E-state index in [1.807, 2.05) is 0 Å². The van der Waals surface area contributed by atoms with Crippen molar-refractivity contribution in [2.45, 2.75) is 63.4 Å². The first-order chi connectivity index (χ1) is 13.0. The van der Waals surface area contributed by atoms with Crippen LogP contribution in [0.2, 0.25) is 0 Å². The van der Waals surface area contributed by atoms with Crippen LogP contribution in [0.3, 0.4) is 0 Å². The molecule has 5 atom stereocenters. The summed E-state index contributed by atoms with van der Waals surface area (Å²) < 4.78 is 0. The van der Waals surface area contributed by atoms with Crippen molar-refractivity contribution in [2.75, 3.05) is 6.54 Å². The second kappa shape index (κ2) is 9.99. The Morgan fingerprint density at radius 3 is 2.29 bits per heavy atom. The summed E-state index contributed by atoms with van der Waals surface area (Å²) in [6, 6.07) is -4.76. The molecule has 28 heavy (non-hydrogen) atoms. The summed E-state index contributed by atoms with van der Waals surface area (Å²) in [5.74, 6) is -4.30. The number of carbonyl (C=O) groups is 5. The van der Waals surface area contributed by atoms with Crippen LogP contribution in [0.15, 0.2) is 0 Å². The molecule has 0 aromatic carbocycles. The number of carboxylic acid groups (broad SMARTS) is 1. The van der Waals surface area contributed by atoms with Crippen LogP contribution in [0.4, 0.5) is 0 Å². The van der Waals surface area contributed by atoms with Gasteiger partial charge in [-0.05, 0) is 26.7 Å². The molecule has 1 saturated heterocycles. The lowest BCUT2D eigenvalue weighted by Crippen LogP contribution is -2.58. The van der Waals surface area contributed by atoms with Crippen LogP contribution in [0.1, 0.15) is 33.1 Å². The van der Waals surface area contributed by atoms with E-state index in [4.69, 9.17) is 16.6 Å². The van der Waals surface area contributed by atoms with E-state index < -0.39 is 66.3 Å². The third-order valence-electron chi connectivity index (χ3n) is 4.41. The number of primary amides is 1. The Hall–Kier alpha value is -2.73. The number of amides is 4. The molecule has 12 heteroatoms. The van der Waals surface area contributed by atoms with Crippen molar-refractivity contribution in [3.63, 3.8) is 0 Å². The van der Waals surface area contributed by atoms with Crippen LogP contribution in [-0.2, 0) is 24.0 Å². The highest BCUT2D eigenvalue weighted by atomic mass is 16.4. The number of hydrogen-bond donors (Lipinski definition) is 6. The zero-order valence-corrected chi connectivity index (χ0v) is 15.8. The number of hydrogen-bond acceptors (Lipinski definition) is 7. The van der Waals surface area contributed by atoms with Crippen molar-refractivity contribution in [1.82, 2.24) is 15.5 Å². The standard InChI is InChI=1S/C16H27N5O7/c1-7(16(27)28)19-13(24)10-4-3-5-21(10)15(26)9(6-11(17)23)20-14(25)12(18)8(2)22/h7-10,12,22H,3-6,18H2,1-2H3,(H2,17,23)(H,19,24)(H,20,25)(H,27,28). The normalized spacial score (nSPS) is 20.6. The summed E-state index contributed by atoms with van der Waals surface area (Å²) in [6.07, 6.45) is -0.926. The maximum atomic E-state index is 12.8. The molecule has 1 fully saturated rings. The molecule has 5 unspecified atom stereocenters.